The SMILES string of the molecule is CCC(C)NC(=O)C(Cc1ccccc1)N(Cc1ccc(Br)cc1)C(=O)COc1ccc(Br)c(C)c1. The second-order valence-electron chi connectivity index (χ2n) is 8.87. The van der Waals surface area contributed by atoms with Crippen LogP contribution in [0.4, 0.5) is 0 Å². The van der Waals surface area contributed by atoms with Gasteiger partial charge in [-0.15, -0.1) is 0 Å². The Bertz CT molecular complexity index is 1150. The van der Waals surface area contributed by atoms with Gasteiger partial charge >= 0.3 is 0 Å². The summed E-state index contributed by atoms with van der Waals surface area (Å²) in [6, 6.07) is 22.5. The molecule has 0 aliphatic carbocycles. The molecule has 3 aromatic carbocycles. The molecule has 0 bridgehead atoms. The van der Waals surface area contributed by atoms with Crippen molar-refractivity contribution in [3.63, 3.8) is 0 Å². The van der Waals surface area contributed by atoms with Gasteiger partial charge in [-0.05, 0) is 67.3 Å². The molecule has 0 aliphatic rings. The maximum atomic E-state index is 13.6. The van der Waals surface area contributed by atoms with Crippen molar-refractivity contribution in [2.24, 2.45) is 0 Å². The highest BCUT2D eigenvalue weighted by molar-refractivity contribution is 9.10. The highest BCUT2D eigenvalue weighted by Crippen LogP contribution is 2.22. The maximum absolute atomic E-state index is 13.6. The number of hydrogen-bond acceptors (Lipinski definition) is 3. The van der Waals surface area contributed by atoms with Crippen LogP contribution in [0, 0.1) is 6.92 Å². The number of nitrogens with zero attached hydrogens (tertiary/aromatic N) is 1. The highest BCUT2D eigenvalue weighted by atomic mass is 79.9. The van der Waals surface area contributed by atoms with Gasteiger partial charge in [0.25, 0.3) is 5.91 Å². The van der Waals surface area contributed by atoms with E-state index in [0.29, 0.717) is 18.7 Å². The summed E-state index contributed by atoms with van der Waals surface area (Å²) in [7, 11) is 0. The first-order valence-electron chi connectivity index (χ1n) is 12.0. The highest BCUT2D eigenvalue weighted by Gasteiger charge is 2.31. The van der Waals surface area contributed by atoms with Crippen molar-refractivity contribution in [3.8, 4) is 5.75 Å². The zero-order valence-electron chi connectivity index (χ0n) is 20.8. The average molecular weight is 616 g/mol. The van der Waals surface area contributed by atoms with Gasteiger partial charge < -0.3 is 15.0 Å². The molecule has 0 saturated carbocycles. The minimum Gasteiger partial charge on any atom is -0.484 e. The van der Waals surface area contributed by atoms with Crippen molar-refractivity contribution in [3.05, 3.63) is 98.4 Å². The Morgan fingerprint density at radius 2 is 1.67 bits per heavy atom. The van der Waals surface area contributed by atoms with Crippen LogP contribution in [-0.4, -0.2) is 35.4 Å². The lowest BCUT2D eigenvalue weighted by Gasteiger charge is -2.32. The number of nitrogens with one attached hydrogen (secondary N) is 1. The van der Waals surface area contributed by atoms with Gasteiger partial charge in [-0.1, -0.05) is 81.2 Å². The summed E-state index contributed by atoms with van der Waals surface area (Å²) in [6.07, 6.45) is 1.21. The molecule has 0 fully saturated rings. The lowest BCUT2D eigenvalue weighted by molar-refractivity contribution is -0.143. The van der Waals surface area contributed by atoms with E-state index in [1.54, 1.807) is 4.90 Å². The third-order valence-corrected chi connectivity index (χ3v) is 7.45. The third-order valence-electron chi connectivity index (χ3n) is 6.03. The Balaban J connectivity index is 1.90. The fourth-order valence-electron chi connectivity index (χ4n) is 3.72. The molecule has 0 radical (unpaired) electrons. The van der Waals surface area contributed by atoms with E-state index in [2.05, 4.69) is 37.2 Å². The number of benzene rings is 3. The molecule has 7 heteroatoms. The quantitative estimate of drug-likeness (QED) is 0.270. The van der Waals surface area contributed by atoms with Crippen molar-refractivity contribution >= 4 is 43.7 Å². The van der Waals surface area contributed by atoms with Crippen LogP contribution in [-0.2, 0) is 22.6 Å². The van der Waals surface area contributed by atoms with Crippen LogP contribution >= 0.6 is 31.9 Å². The van der Waals surface area contributed by atoms with Crippen LogP contribution in [0.1, 0.15) is 37.0 Å². The Labute approximate surface area is 230 Å². The molecule has 0 saturated heterocycles. The molecular formula is C29H32Br2N2O3. The summed E-state index contributed by atoms with van der Waals surface area (Å²) in [5, 5.41) is 3.08. The normalized spacial score (nSPS) is 12.5. The number of rotatable bonds is 11. The van der Waals surface area contributed by atoms with Gasteiger partial charge in [0.2, 0.25) is 5.91 Å². The van der Waals surface area contributed by atoms with E-state index < -0.39 is 6.04 Å². The zero-order valence-corrected chi connectivity index (χ0v) is 24.0. The first-order chi connectivity index (χ1) is 17.3. The van der Waals surface area contributed by atoms with Crippen molar-refractivity contribution < 1.29 is 14.3 Å². The summed E-state index contributed by atoms with van der Waals surface area (Å²) >= 11 is 6.95. The van der Waals surface area contributed by atoms with E-state index >= 15 is 0 Å². The maximum Gasteiger partial charge on any atom is 0.261 e. The lowest BCUT2D eigenvalue weighted by Crippen LogP contribution is -2.53. The Morgan fingerprint density at radius 1 is 0.972 bits per heavy atom. The topological polar surface area (TPSA) is 58.6 Å². The van der Waals surface area contributed by atoms with E-state index in [9.17, 15) is 9.59 Å². The summed E-state index contributed by atoms with van der Waals surface area (Å²) in [4.78, 5) is 28.8. The predicted octanol–water partition coefficient (Wildman–Crippen LogP) is 6.45. The van der Waals surface area contributed by atoms with E-state index in [1.807, 2.05) is 93.6 Å². The van der Waals surface area contributed by atoms with Crippen LogP contribution < -0.4 is 10.1 Å². The number of carbonyl (C=O) groups is 2. The van der Waals surface area contributed by atoms with Gasteiger partial charge in [-0.2, -0.15) is 0 Å². The molecule has 1 N–H and O–H groups in total. The van der Waals surface area contributed by atoms with E-state index in [-0.39, 0.29) is 24.5 Å². The molecule has 2 unspecified atom stereocenters. The van der Waals surface area contributed by atoms with Gasteiger partial charge in [0, 0.05) is 28.0 Å². The minimum absolute atomic E-state index is 0.00222. The average Bonchev–Trinajstić information content (AvgIpc) is 2.88. The molecule has 0 heterocycles. The van der Waals surface area contributed by atoms with Crippen molar-refractivity contribution in [2.45, 2.75) is 52.2 Å². The lowest BCUT2D eigenvalue weighted by atomic mass is 10.0. The van der Waals surface area contributed by atoms with Gasteiger partial charge in [0.05, 0.1) is 0 Å². The largest absolute Gasteiger partial charge is 0.484 e. The van der Waals surface area contributed by atoms with Gasteiger partial charge in [-0.25, -0.2) is 0 Å². The van der Waals surface area contributed by atoms with Crippen LogP contribution in [0.2, 0.25) is 0 Å². The molecule has 3 aromatic rings. The number of aryl methyl sites for hydroxylation is 1. The fraction of sp³-hybridized carbons (Fsp3) is 0.310. The van der Waals surface area contributed by atoms with Crippen molar-refractivity contribution in [2.75, 3.05) is 6.61 Å². The molecule has 3 rings (SSSR count). The molecular weight excluding hydrogens is 584 g/mol. The Kier molecular flexibility index (Phi) is 10.6. The minimum atomic E-state index is -0.687. The molecule has 36 heavy (non-hydrogen) atoms. The monoisotopic (exact) mass is 614 g/mol. The van der Waals surface area contributed by atoms with Gasteiger partial charge in [0.1, 0.15) is 11.8 Å². The zero-order chi connectivity index (χ0) is 26.1. The predicted molar refractivity (Wildman–Crippen MR) is 151 cm³/mol. The number of hydrogen-bond donors (Lipinski definition) is 1. The number of halogens is 2. The van der Waals surface area contributed by atoms with Gasteiger partial charge in [-0.3, -0.25) is 9.59 Å². The number of ether oxygens (including phenoxy) is 1. The van der Waals surface area contributed by atoms with Crippen LogP contribution in [0.5, 0.6) is 5.75 Å². The first-order valence-corrected chi connectivity index (χ1v) is 13.6. The fourth-order valence-corrected chi connectivity index (χ4v) is 4.23. The molecule has 0 spiro atoms. The third kappa shape index (κ3) is 8.20. The summed E-state index contributed by atoms with van der Waals surface area (Å²) < 4.78 is 7.80. The Hall–Kier alpha value is -2.64. The molecule has 0 aromatic heterocycles. The second-order valence-corrected chi connectivity index (χ2v) is 10.6. The molecule has 2 amide bonds. The van der Waals surface area contributed by atoms with Crippen molar-refractivity contribution in [1.29, 1.82) is 0 Å². The standard InChI is InChI=1S/C29H32Br2N2O3/c1-4-21(3)32-29(35)27(17-22-8-6-5-7-9-22)33(18-23-10-12-24(30)13-11-23)28(34)19-36-25-14-15-26(31)20(2)16-25/h5-16,21,27H,4,17-19H2,1-3H3,(H,32,35). The van der Waals surface area contributed by atoms with E-state index in [4.69, 9.17) is 4.74 Å². The Morgan fingerprint density at radius 3 is 2.31 bits per heavy atom. The van der Waals surface area contributed by atoms with E-state index in [0.717, 1.165) is 32.1 Å². The first kappa shape index (κ1) is 27.9. The molecule has 0 aliphatic heterocycles. The van der Waals surface area contributed by atoms with Crippen LogP contribution in [0.3, 0.4) is 0 Å². The van der Waals surface area contributed by atoms with Crippen LogP contribution in [0.25, 0.3) is 0 Å². The van der Waals surface area contributed by atoms with E-state index in [1.165, 1.54) is 0 Å². The van der Waals surface area contributed by atoms with Gasteiger partial charge in [0.15, 0.2) is 6.61 Å². The van der Waals surface area contributed by atoms with Crippen LogP contribution in [0.15, 0.2) is 81.7 Å². The molecule has 5 nitrogen and oxygen atoms in total. The van der Waals surface area contributed by atoms with Crippen molar-refractivity contribution in [1.82, 2.24) is 10.2 Å². The number of amides is 2. The second kappa shape index (κ2) is 13.6. The summed E-state index contributed by atoms with van der Waals surface area (Å²) in [5.41, 5.74) is 2.93. The summed E-state index contributed by atoms with van der Waals surface area (Å²) in [5.74, 6) is 0.188. The smallest absolute Gasteiger partial charge is 0.261 e. The molecule has 2 atom stereocenters. The number of carbonyl (C=O) groups excluding carboxylic acids is 2. The summed E-state index contributed by atoms with van der Waals surface area (Å²) in [6.45, 7) is 6.08. The molecule has 190 valence electrons.